The van der Waals surface area contributed by atoms with Crippen LogP contribution in [0.25, 0.3) is 11.3 Å². The normalized spacial score (nSPS) is 10.3. The van der Waals surface area contributed by atoms with E-state index in [1.165, 1.54) is 6.07 Å². The minimum Gasteiger partial charge on any atom is -0.477 e. The number of benzene rings is 1. The van der Waals surface area contributed by atoms with Crippen LogP contribution in [-0.4, -0.2) is 21.3 Å². The number of anilines is 1. The summed E-state index contributed by atoms with van der Waals surface area (Å²) in [6.45, 7) is 0. The number of carboxylic acids is 1. The van der Waals surface area contributed by atoms with Gasteiger partial charge in [0.25, 0.3) is 0 Å². The number of carboxylic acid groups (broad SMARTS) is 1. The lowest BCUT2D eigenvalue weighted by molar-refractivity contribution is 0.0690. The van der Waals surface area contributed by atoms with Gasteiger partial charge in [0.15, 0.2) is 0 Å². The maximum Gasteiger partial charge on any atom is 0.353 e. The minimum atomic E-state index is -1.06. The van der Waals surface area contributed by atoms with Crippen LogP contribution in [0, 0.1) is 0 Å². The number of nitrogen functional groups attached to an aromatic ring is 1. The lowest BCUT2D eigenvalue weighted by Gasteiger charge is -2.01. The van der Waals surface area contributed by atoms with E-state index in [1.54, 1.807) is 18.2 Å². The van der Waals surface area contributed by atoms with Crippen molar-refractivity contribution in [3.63, 3.8) is 0 Å². The standard InChI is InChI=1S/C10H8ClN3O2/c11-5-1-2-6(7(12)3-5)8-4-9(10(15)16)14-13-8/h1-4H,12H2,(H,13,14)(H,15,16). The smallest absolute Gasteiger partial charge is 0.353 e. The fourth-order valence-corrected chi connectivity index (χ4v) is 1.52. The van der Waals surface area contributed by atoms with Gasteiger partial charge in [0.2, 0.25) is 0 Å². The Hall–Kier alpha value is -2.01. The minimum absolute atomic E-state index is 0.0179. The molecule has 6 heteroatoms. The molecular formula is C10H8ClN3O2. The van der Waals surface area contributed by atoms with Gasteiger partial charge in [-0.2, -0.15) is 5.10 Å². The van der Waals surface area contributed by atoms with Crippen LogP contribution in [0.3, 0.4) is 0 Å². The third-order valence-corrected chi connectivity index (χ3v) is 2.33. The van der Waals surface area contributed by atoms with Gasteiger partial charge in [-0.1, -0.05) is 11.6 Å². The Morgan fingerprint density at radius 2 is 2.19 bits per heavy atom. The Morgan fingerprint density at radius 1 is 1.44 bits per heavy atom. The Morgan fingerprint density at radius 3 is 2.75 bits per heavy atom. The van der Waals surface area contributed by atoms with Crippen molar-refractivity contribution in [2.75, 3.05) is 5.73 Å². The molecule has 0 bridgehead atoms. The van der Waals surface area contributed by atoms with Crippen molar-refractivity contribution in [1.29, 1.82) is 0 Å². The first kappa shape index (κ1) is 10.5. The number of nitrogens with one attached hydrogen (secondary N) is 1. The monoisotopic (exact) mass is 237 g/mol. The maximum absolute atomic E-state index is 10.7. The van der Waals surface area contributed by atoms with Crippen molar-refractivity contribution in [3.05, 3.63) is 35.0 Å². The second-order valence-electron chi connectivity index (χ2n) is 3.20. The summed E-state index contributed by atoms with van der Waals surface area (Å²) in [7, 11) is 0. The molecule has 4 N–H and O–H groups in total. The zero-order chi connectivity index (χ0) is 11.7. The predicted octanol–water partition coefficient (Wildman–Crippen LogP) is 2.01. The number of H-pyrrole nitrogens is 1. The molecule has 1 aromatic heterocycles. The van der Waals surface area contributed by atoms with Gasteiger partial charge < -0.3 is 10.8 Å². The number of carbonyl (C=O) groups is 1. The van der Waals surface area contributed by atoms with Crippen molar-refractivity contribution >= 4 is 23.3 Å². The van der Waals surface area contributed by atoms with E-state index in [1.807, 2.05) is 0 Å². The zero-order valence-electron chi connectivity index (χ0n) is 8.07. The van der Waals surface area contributed by atoms with Gasteiger partial charge in [-0.25, -0.2) is 4.79 Å². The first-order chi connectivity index (χ1) is 7.58. The quantitative estimate of drug-likeness (QED) is 0.697. The summed E-state index contributed by atoms with van der Waals surface area (Å²) < 4.78 is 0. The number of aromatic nitrogens is 2. The number of nitrogens with zero attached hydrogens (tertiary/aromatic N) is 1. The van der Waals surface area contributed by atoms with Gasteiger partial charge in [-0.05, 0) is 24.3 Å². The Bertz CT molecular complexity index is 551. The number of nitrogens with two attached hydrogens (primary N) is 1. The average molecular weight is 238 g/mol. The molecule has 0 aliphatic rings. The molecule has 0 saturated carbocycles. The summed E-state index contributed by atoms with van der Waals surface area (Å²) in [4.78, 5) is 10.7. The fraction of sp³-hybridized carbons (Fsp3) is 0. The summed E-state index contributed by atoms with van der Waals surface area (Å²) in [6.07, 6.45) is 0. The van der Waals surface area contributed by atoms with Crippen LogP contribution in [0.1, 0.15) is 10.5 Å². The number of hydrogen-bond donors (Lipinski definition) is 3. The molecule has 0 amide bonds. The van der Waals surface area contributed by atoms with Crippen LogP contribution in [-0.2, 0) is 0 Å². The average Bonchev–Trinajstić information content (AvgIpc) is 2.66. The van der Waals surface area contributed by atoms with Gasteiger partial charge in [-0.15, -0.1) is 0 Å². The highest BCUT2D eigenvalue weighted by Gasteiger charge is 2.11. The van der Waals surface area contributed by atoms with Crippen molar-refractivity contribution in [2.45, 2.75) is 0 Å². The molecular weight excluding hydrogens is 230 g/mol. The topological polar surface area (TPSA) is 92.0 Å². The van der Waals surface area contributed by atoms with E-state index < -0.39 is 5.97 Å². The van der Waals surface area contributed by atoms with Crippen LogP contribution in [0.15, 0.2) is 24.3 Å². The fourth-order valence-electron chi connectivity index (χ4n) is 1.34. The van der Waals surface area contributed by atoms with Crippen LogP contribution >= 0.6 is 11.6 Å². The van der Waals surface area contributed by atoms with Crippen molar-refractivity contribution in [3.8, 4) is 11.3 Å². The molecule has 5 nitrogen and oxygen atoms in total. The first-order valence-electron chi connectivity index (χ1n) is 4.42. The molecule has 0 atom stereocenters. The largest absolute Gasteiger partial charge is 0.477 e. The third-order valence-electron chi connectivity index (χ3n) is 2.10. The van der Waals surface area contributed by atoms with Crippen LogP contribution in [0.4, 0.5) is 5.69 Å². The molecule has 2 rings (SSSR count). The zero-order valence-corrected chi connectivity index (χ0v) is 8.82. The molecule has 1 heterocycles. The summed E-state index contributed by atoms with van der Waals surface area (Å²) in [5.41, 5.74) is 7.35. The summed E-state index contributed by atoms with van der Waals surface area (Å²) in [5, 5.41) is 15.5. The second kappa shape index (κ2) is 3.86. The third kappa shape index (κ3) is 1.85. The van der Waals surface area contributed by atoms with E-state index in [-0.39, 0.29) is 5.69 Å². The number of aromatic carboxylic acids is 1. The Balaban J connectivity index is 2.46. The van der Waals surface area contributed by atoms with E-state index >= 15 is 0 Å². The molecule has 0 aliphatic heterocycles. The molecule has 0 radical (unpaired) electrons. The molecule has 0 fully saturated rings. The van der Waals surface area contributed by atoms with E-state index in [4.69, 9.17) is 22.4 Å². The number of hydrogen-bond acceptors (Lipinski definition) is 3. The van der Waals surface area contributed by atoms with E-state index in [0.29, 0.717) is 22.0 Å². The first-order valence-corrected chi connectivity index (χ1v) is 4.80. The van der Waals surface area contributed by atoms with Gasteiger partial charge in [0.1, 0.15) is 5.69 Å². The molecule has 0 spiro atoms. The summed E-state index contributed by atoms with van der Waals surface area (Å²) in [6, 6.07) is 6.37. The van der Waals surface area contributed by atoms with Gasteiger partial charge in [0, 0.05) is 16.3 Å². The van der Waals surface area contributed by atoms with E-state index in [9.17, 15) is 4.79 Å². The molecule has 2 aromatic rings. The molecule has 0 unspecified atom stereocenters. The molecule has 1 aromatic carbocycles. The van der Waals surface area contributed by atoms with Gasteiger partial charge >= 0.3 is 5.97 Å². The van der Waals surface area contributed by atoms with Crippen LogP contribution in [0.5, 0.6) is 0 Å². The van der Waals surface area contributed by atoms with Crippen LogP contribution in [0.2, 0.25) is 5.02 Å². The number of halogens is 1. The van der Waals surface area contributed by atoms with Crippen molar-refractivity contribution in [1.82, 2.24) is 10.2 Å². The molecule has 0 aliphatic carbocycles. The van der Waals surface area contributed by atoms with E-state index in [0.717, 1.165) is 0 Å². The van der Waals surface area contributed by atoms with E-state index in [2.05, 4.69) is 10.2 Å². The van der Waals surface area contributed by atoms with Crippen LogP contribution < -0.4 is 5.73 Å². The molecule has 82 valence electrons. The Kier molecular flexibility index (Phi) is 2.54. The maximum atomic E-state index is 10.7. The van der Waals surface area contributed by atoms with Gasteiger partial charge in [-0.3, -0.25) is 5.10 Å². The van der Waals surface area contributed by atoms with Crippen molar-refractivity contribution in [2.24, 2.45) is 0 Å². The van der Waals surface area contributed by atoms with Gasteiger partial charge in [0.05, 0.1) is 5.69 Å². The highest BCUT2D eigenvalue weighted by Crippen LogP contribution is 2.27. The number of aromatic amines is 1. The predicted molar refractivity (Wildman–Crippen MR) is 60.4 cm³/mol. The lowest BCUT2D eigenvalue weighted by Crippen LogP contribution is -1.95. The Labute approximate surface area is 95.8 Å². The number of rotatable bonds is 2. The highest BCUT2D eigenvalue weighted by molar-refractivity contribution is 6.31. The molecule has 0 saturated heterocycles. The molecule has 16 heavy (non-hydrogen) atoms. The summed E-state index contributed by atoms with van der Waals surface area (Å²) in [5.74, 6) is -1.06. The highest BCUT2D eigenvalue weighted by atomic mass is 35.5. The second-order valence-corrected chi connectivity index (χ2v) is 3.64. The lowest BCUT2D eigenvalue weighted by atomic mass is 10.1. The summed E-state index contributed by atoms with van der Waals surface area (Å²) >= 11 is 5.76. The SMILES string of the molecule is Nc1cc(Cl)ccc1-c1cc(C(=O)O)[nH]n1. The van der Waals surface area contributed by atoms with Crippen molar-refractivity contribution < 1.29 is 9.90 Å².